The zero-order chi connectivity index (χ0) is 22.8. The normalized spacial score (nSPS) is 14.6. The van der Waals surface area contributed by atoms with E-state index in [-0.39, 0.29) is 19.1 Å². The van der Waals surface area contributed by atoms with E-state index in [9.17, 15) is 9.59 Å². The van der Waals surface area contributed by atoms with E-state index in [2.05, 4.69) is 0 Å². The minimum Gasteiger partial charge on any atom is -0.469 e. The fraction of sp³-hybridized carbons (Fsp3) is 0.208. The van der Waals surface area contributed by atoms with Crippen molar-refractivity contribution in [1.82, 2.24) is 14.5 Å². The van der Waals surface area contributed by atoms with Crippen molar-refractivity contribution in [2.75, 3.05) is 13.2 Å². The number of hydrogen-bond acceptors (Lipinski definition) is 6. The summed E-state index contributed by atoms with van der Waals surface area (Å²) in [6.45, 7) is 1.00. The van der Waals surface area contributed by atoms with Gasteiger partial charge in [0.25, 0.3) is 0 Å². The van der Waals surface area contributed by atoms with Crippen LogP contribution in [0.15, 0.2) is 76.5 Å². The van der Waals surface area contributed by atoms with E-state index in [4.69, 9.17) is 25.7 Å². The zero-order valence-corrected chi connectivity index (χ0v) is 19.1. The first kappa shape index (κ1) is 21.6. The Morgan fingerprint density at radius 2 is 2.00 bits per heavy atom. The Balaban J connectivity index is 1.53. The van der Waals surface area contributed by atoms with Crippen molar-refractivity contribution < 1.29 is 18.7 Å². The van der Waals surface area contributed by atoms with E-state index in [1.165, 1.54) is 11.8 Å². The quantitative estimate of drug-likeness (QED) is 0.345. The molecule has 1 unspecified atom stereocenters. The highest BCUT2D eigenvalue weighted by Crippen LogP contribution is 2.32. The van der Waals surface area contributed by atoms with E-state index in [1.54, 1.807) is 18.4 Å². The Labute approximate surface area is 199 Å². The first-order chi connectivity index (χ1) is 16.1. The number of ether oxygens (including phenoxy) is 1. The van der Waals surface area contributed by atoms with E-state index < -0.39 is 11.3 Å². The van der Waals surface area contributed by atoms with Crippen molar-refractivity contribution in [1.29, 1.82) is 0 Å². The number of amides is 2. The monoisotopic (exact) mass is 481 g/mol. The second-order valence-corrected chi connectivity index (χ2v) is 9.20. The largest absolute Gasteiger partial charge is 0.469 e. The van der Waals surface area contributed by atoms with E-state index >= 15 is 0 Å². The van der Waals surface area contributed by atoms with Crippen LogP contribution in [0.5, 0.6) is 0 Å². The number of cyclic esters (lactones) is 1. The molecule has 0 spiro atoms. The molecule has 3 heterocycles. The Morgan fingerprint density at radius 1 is 1.15 bits per heavy atom. The number of benzene rings is 2. The second kappa shape index (κ2) is 9.33. The highest BCUT2D eigenvalue weighted by molar-refractivity contribution is 8.00. The van der Waals surface area contributed by atoms with Gasteiger partial charge in [-0.3, -0.25) is 4.79 Å². The molecule has 9 heteroatoms. The van der Waals surface area contributed by atoms with Crippen LogP contribution in [0, 0.1) is 0 Å². The lowest BCUT2D eigenvalue weighted by molar-refractivity contribution is -0.127. The van der Waals surface area contributed by atoms with Gasteiger partial charge in [0.15, 0.2) is 5.16 Å². The van der Waals surface area contributed by atoms with Crippen molar-refractivity contribution in [3.63, 3.8) is 0 Å². The third kappa shape index (κ3) is 4.62. The Hall–Kier alpha value is -3.23. The maximum atomic E-state index is 13.3. The van der Waals surface area contributed by atoms with Crippen molar-refractivity contribution in [2.24, 2.45) is 0 Å². The average Bonchev–Trinajstić information content (AvgIpc) is 3.55. The summed E-state index contributed by atoms with van der Waals surface area (Å²) in [5.74, 6) is 0.331. The summed E-state index contributed by atoms with van der Waals surface area (Å²) in [7, 11) is 0. The lowest BCUT2D eigenvalue weighted by atomic mass is 10.2. The molecule has 2 amide bonds. The topological polar surface area (TPSA) is 77.6 Å². The third-order valence-electron chi connectivity index (χ3n) is 5.38. The van der Waals surface area contributed by atoms with Gasteiger partial charge in [0, 0.05) is 11.4 Å². The number of imidazole rings is 1. The molecule has 0 bridgehead atoms. The molecule has 1 atom stereocenters. The molecule has 0 radical (unpaired) electrons. The average molecular weight is 482 g/mol. The molecule has 5 rings (SSSR count). The molecule has 2 aromatic carbocycles. The molecular weight excluding hydrogens is 462 g/mol. The van der Waals surface area contributed by atoms with Gasteiger partial charge in [-0.1, -0.05) is 53.7 Å². The number of aromatic nitrogens is 2. The van der Waals surface area contributed by atoms with Crippen LogP contribution in [-0.4, -0.2) is 44.9 Å². The van der Waals surface area contributed by atoms with Crippen molar-refractivity contribution in [2.45, 2.75) is 23.4 Å². The van der Waals surface area contributed by atoms with Gasteiger partial charge in [0.1, 0.15) is 12.4 Å². The molecular formula is C24H20ClN3O4S. The number of carbonyl (C=O) groups excluding carboxylic acids is 2. The number of hydrogen-bond donors (Lipinski definition) is 0. The molecule has 1 saturated heterocycles. The zero-order valence-electron chi connectivity index (χ0n) is 17.5. The Morgan fingerprint density at radius 3 is 2.73 bits per heavy atom. The predicted octanol–water partition coefficient (Wildman–Crippen LogP) is 5.01. The summed E-state index contributed by atoms with van der Waals surface area (Å²) < 4.78 is 12.5. The fourth-order valence-corrected chi connectivity index (χ4v) is 5.11. The molecule has 1 aliphatic rings. The van der Waals surface area contributed by atoms with Crippen LogP contribution in [-0.2, 0) is 22.5 Å². The molecule has 4 aromatic rings. The van der Waals surface area contributed by atoms with Crippen LogP contribution < -0.4 is 0 Å². The number of imide groups is 1. The lowest BCUT2D eigenvalue weighted by Gasteiger charge is -2.19. The fourth-order valence-electron chi connectivity index (χ4n) is 3.77. The van der Waals surface area contributed by atoms with Crippen LogP contribution in [0.1, 0.15) is 11.3 Å². The summed E-state index contributed by atoms with van der Waals surface area (Å²) in [4.78, 5) is 31.4. The van der Waals surface area contributed by atoms with Crippen molar-refractivity contribution in [3.05, 3.63) is 83.3 Å². The lowest BCUT2D eigenvalue weighted by Crippen LogP contribution is -2.39. The number of furan rings is 1. The van der Waals surface area contributed by atoms with Gasteiger partial charge < -0.3 is 13.7 Å². The van der Waals surface area contributed by atoms with Gasteiger partial charge in [-0.2, -0.15) is 0 Å². The van der Waals surface area contributed by atoms with Gasteiger partial charge >= 0.3 is 6.09 Å². The number of thioether (sulfide) groups is 1. The number of fused-ring (bicyclic) bond motifs is 1. The molecule has 1 aliphatic heterocycles. The highest BCUT2D eigenvalue weighted by atomic mass is 35.5. The molecule has 2 aromatic heterocycles. The number of rotatable bonds is 7. The summed E-state index contributed by atoms with van der Waals surface area (Å²) in [5.41, 5.74) is 2.75. The molecule has 168 valence electrons. The number of carbonyl (C=O) groups is 2. The summed E-state index contributed by atoms with van der Waals surface area (Å²) >= 11 is 7.59. The van der Waals surface area contributed by atoms with Crippen molar-refractivity contribution in [3.8, 4) is 0 Å². The Kier molecular flexibility index (Phi) is 6.11. The first-order valence-electron chi connectivity index (χ1n) is 10.5. The minimum atomic E-state index is -0.622. The minimum absolute atomic E-state index is 0.202. The Bertz CT molecular complexity index is 1290. The molecule has 0 N–H and O–H groups in total. The standard InChI is InChI=1S/C24H20ClN3O4S/c25-17-8-9-19-20(13-17)28(15-16-5-2-1-3-6-16)23(26-19)33-21(14-18-7-4-11-31-18)22(29)27-10-12-32-24(27)30/h1-9,11,13,21H,10,12,14-15H2. The van der Waals surface area contributed by atoms with Crippen LogP contribution >= 0.6 is 23.4 Å². The van der Waals surface area contributed by atoms with Crippen LogP contribution in [0.3, 0.4) is 0 Å². The number of nitrogens with zero attached hydrogens (tertiary/aromatic N) is 3. The van der Waals surface area contributed by atoms with Crippen LogP contribution in [0.2, 0.25) is 5.02 Å². The molecule has 33 heavy (non-hydrogen) atoms. The van der Waals surface area contributed by atoms with E-state index in [0.717, 1.165) is 21.5 Å². The molecule has 0 aliphatic carbocycles. The molecule has 0 saturated carbocycles. The van der Waals surface area contributed by atoms with Gasteiger partial charge in [-0.05, 0) is 35.9 Å². The van der Waals surface area contributed by atoms with Crippen LogP contribution in [0.25, 0.3) is 11.0 Å². The van der Waals surface area contributed by atoms with Gasteiger partial charge in [-0.15, -0.1) is 0 Å². The van der Waals surface area contributed by atoms with Gasteiger partial charge in [0.05, 0.1) is 35.6 Å². The van der Waals surface area contributed by atoms with Gasteiger partial charge in [0.2, 0.25) is 5.91 Å². The second-order valence-electron chi connectivity index (χ2n) is 7.59. The van der Waals surface area contributed by atoms with Crippen LogP contribution in [0.4, 0.5) is 4.79 Å². The SMILES string of the molecule is O=C1OCCN1C(=O)C(Cc1ccco1)Sc1nc2ccc(Cl)cc2n1Cc1ccccc1. The van der Waals surface area contributed by atoms with Crippen molar-refractivity contribution >= 4 is 46.4 Å². The smallest absolute Gasteiger partial charge is 0.416 e. The highest BCUT2D eigenvalue weighted by Gasteiger charge is 2.35. The molecule has 1 fully saturated rings. The van der Waals surface area contributed by atoms with Gasteiger partial charge in [-0.25, -0.2) is 14.7 Å². The first-order valence-corrected chi connectivity index (χ1v) is 11.7. The summed E-state index contributed by atoms with van der Waals surface area (Å²) in [5, 5.41) is 0.647. The maximum absolute atomic E-state index is 13.3. The third-order valence-corrected chi connectivity index (χ3v) is 6.79. The predicted molar refractivity (Wildman–Crippen MR) is 125 cm³/mol. The van der Waals surface area contributed by atoms with E-state index in [1.807, 2.05) is 53.1 Å². The molecule has 7 nitrogen and oxygen atoms in total. The summed E-state index contributed by atoms with van der Waals surface area (Å²) in [6, 6.07) is 19.1. The maximum Gasteiger partial charge on any atom is 0.416 e. The summed E-state index contributed by atoms with van der Waals surface area (Å²) in [6.07, 6.45) is 1.27. The number of halogens is 1. The van der Waals surface area contributed by atoms with E-state index in [0.29, 0.717) is 28.9 Å².